The van der Waals surface area contributed by atoms with Crippen molar-refractivity contribution in [1.82, 2.24) is 0 Å². The van der Waals surface area contributed by atoms with E-state index in [-0.39, 0.29) is 0 Å². The van der Waals surface area contributed by atoms with E-state index in [4.69, 9.17) is 0 Å². The molecule has 0 aliphatic carbocycles. The lowest BCUT2D eigenvalue weighted by Crippen LogP contribution is -1.85. The summed E-state index contributed by atoms with van der Waals surface area (Å²) in [7, 11) is 0. The molecule has 0 spiro atoms. The Balaban J connectivity index is 4.98. The number of hydrogen-bond donors (Lipinski definition) is 0. The van der Waals surface area contributed by atoms with Gasteiger partial charge in [-0.1, -0.05) is 37.8 Å². The maximum atomic E-state index is 3.79. The Labute approximate surface area is 82.4 Å². The molecule has 0 unspecified atom stereocenters. The summed E-state index contributed by atoms with van der Waals surface area (Å²) in [5, 5.41) is 0. The molecule has 0 fully saturated rings. The average molecular weight is 176 g/mol. The van der Waals surface area contributed by atoms with Crippen LogP contribution in [0.2, 0.25) is 0 Å². The smallest absolute Gasteiger partial charge is 0.0205 e. The summed E-state index contributed by atoms with van der Waals surface area (Å²) in [6.45, 7) is 12.2. The van der Waals surface area contributed by atoms with Crippen molar-refractivity contribution >= 4 is 0 Å². The van der Waals surface area contributed by atoms with Gasteiger partial charge in [0, 0.05) is 0 Å². The number of rotatable bonds is 4. The van der Waals surface area contributed by atoms with Crippen LogP contribution in [0.3, 0.4) is 0 Å². The summed E-state index contributed by atoms with van der Waals surface area (Å²) >= 11 is 0. The molecule has 0 atom stereocenters. The summed E-state index contributed by atoms with van der Waals surface area (Å²) in [5.74, 6) is 0. The van der Waals surface area contributed by atoms with E-state index in [9.17, 15) is 0 Å². The lowest BCUT2D eigenvalue weighted by Gasteiger charge is -2.05. The molecule has 0 radical (unpaired) electrons. The fourth-order valence-corrected chi connectivity index (χ4v) is 1.08. The molecule has 0 aliphatic heterocycles. The highest BCUT2D eigenvalue weighted by molar-refractivity contribution is 5.44. The van der Waals surface area contributed by atoms with Gasteiger partial charge in [-0.3, -0.25) is 0 Å². The monoisotopic (exact) mass is 176 g/mol. The third kappa shape index (κ3) is 3.93. The standard InChI is InChI=1S/C13H20/c1-6-9-10-13(11(4)7-2)12(5)8-3/h7-10H,2,6H2,1,3-5H3/b10-9-,12-8-,13-11-. The van der Waals surface area contributed by atoms with E-state index in [1.165, 1.54) is 16.7 Å². The molecule has 0 bridgehead atoms. The lowest BCUT2D eigenvalue weighted by atomic mass is 10.0. The SMILES string of the molecule is C=C/C(C)=C(/C=C\CC)C(\C)=C/C. The van der Waals surface area contributed by atoms with Gasteiger partial charge in [0.15, 0.2) is 0 Å². The topological polar surface area (TPSA) is 0 Å². The van der Waals surface area contributed by atoms with Gasteiger partial charge in [0.1, 0.15) is 0 Å². The Morgan fingerprint density at radius 1 is 1.31 bits per heavy atom. The Hall–Kier alpha value is -1.04. The second kappa shape index (κ2) is 6.47. The van der Waals surface area contributed by atoms with Gasteiger partial charge in [-0.05, 0) is 43.9 Å². The minimum atomic E-state index is 1.07. The molecule has 0 N–H and O–H groups in total. The van der Waals surface area contributed by atoms with Gasteiger partial charge in [-0.15, -0.1) is 0 Å². The van der Waals surface area contributed by atoms with Gasteiger partial charge >= 0.3 is 0 Å². The first-order valence-corrected chi connectivity index (χ1v) is 4.80. The molecular formula is C13H20. The summed E-state index contributed by atoms with van der Waals surface area (Å²) in [6.07, 6.45) is 9.46. The van der Waals surface area contributed by atoms with Crippen LogP contribution in [0.1, 0.15) is 34.1 Å². The van der Waals surface area contributed by atoms with E-state index in [0.717, 1.165) is 6.42 Å². The van der Waals surface area contributed by atoms with E-state index in [1.54, 1.807) is 0 Å². The molecule has 0 saturated carbocycles. The third-order valence-electron chi connectivity index (χ3n) is 2.11. The maximum Gasteiger partial charge on any atom is -0.0205 e. The zero-order chi connectivity index (χ0) is 10.3. The second-order valence-corrected chi connectivity index (χ2v) is 3.08. The molecule has 72 valence electrons. The van der Waals surface area contributed by atoms with E-state index in [2.05, 4.69) is 52.5 Å². The maximum absolute atomic E-state index is 3.79. The van der Waals surface area contributed by atoms with Crippen LogP contribution in [0.4, 0.5) is 0 Å². The molecule has 0 saturated heterocycles. The van der Waals surface area contributed by atoms with Gasteiger partial charge in [0.2, 0.25) is 0 Å². The van der Waals surface area contributed by atoms with Crippen molar-refractivity contribution in [2.45, 2.75) is 34.1 Å². The molecule has 0 rings (SSSR count). The molecule has 0 aliphatic rings. The molecular weight excluding hydrogens is 156 g/mol. The van der Waals surface area contributed by atoms with Gasteiger partial charge in [0.25, 0.3) is 0 Å². The predicted molar refractivity (Wildman–Crippen MR) is 61.8 cm³/mol. The van der Waals surface area contributed by atoms with Crippen LogP contribution in [-0.2, 0) is 0 Å². The van der Waals surface area contributed by atoms with Crippen molar-refractivity contribution in [2.75, 3.05) is 0 Å². The van der Waals surface area contributed by atoms with Crippen LogP contribution in [0.25, 0.3) is 0 Å². The summed E-state index contributed by atoms with van der Waals surface area (Å²) in [6, 6.07) is 0. The lowest BCUT2D eigenvalue weighted by molar-refractivity contribution is 1.21. The quantitative estimate of drug-likeness (QED) is 0.556. The van der Waals surface area contributed by atoms with Gasteiger partial charge in [-0.25, -0.2) is 0 Å². The number of allylic oxidation sites excluding steroid dienone is 7. The van der Waals surface area contributed by atoms with Gasteiger partial charge in [-0.2, -0.15) is 0 Å². The largest absolute Gasteiger partial charge is 0.0988 e. The molecule has 0 heterocycles. The van der Waals surface area contributed by atoms with Crippen LogP contribution >= 0.6 is 0 Å². The van der Waals surface area contributed by atoms with Crippen LogP contribution < -0.4 is 0 Å². The van der Waals surface area contributed by atoms with Gasteiger partial charge < -0.3 is 0 Å². The van der Waals surface area contributed by atoms with Crippen molar-refractivity contribution in [2.24, 2.45) is 0 Å². The summed E-state index contributed by atoms with van der Waals surface area (Å²) < 4.78 is 0. The fraction of sp³-hybridized carbons (Fsp3) is 0.385. The number of hydrogen-bond acceptors (Lipinski definition) is 0. The zero-order valence-corrected chi connectivity index (χ0v) is 9.22. The first kappa shape index (κ1) is 12.0. The molecule has 0 heteroatoms. The first-order valence-electron chi connectivity index (χ1n) is 4.80. The van der Waals surface area contributed by atoms with Crippen molar-refractivity contribution < 1.29 is 0 Å². The van der Waals surface area contributed by atoms with Crippen molar-refractivity contribution in [3.05, 3.63) is 47.6 Å². The molecule has 0 amide bonds. The van der Waals surface area contributed by atoms with Crippen LogP contribution in [0, 0.1) is 0 Å². The summed E-state index contributed by atoms with van der Waals surface area (Å²) in [5.41, 5.74) is 3.83. The normalized spacial score (nSPS) is 14.6. The molecule has 0 aromatic heterocycles. The molecule has 0 aromatic rings. The highest BCUT2D eigenvalue weighted by Gasteiger charge is 1.97. The minimum Gasteiger partial charge on any atom is -0.0988 e. The van der Waals surface area contributed by atoms with Crippen LogP contribution in [0.15, 0.2) is 47.6 Å². The zero-order valence-electron chi connectivity index (χ0n) is 9.22. The fourth-order valence-electron chi connectivity index (χ4n) is 1.08. The Morgan fingerprint density at radius 3 is 2.31 bits per heavy atom. The van der Waals surface area contributed by atoms with Crippen molar-refractivity contribution in [1.29, 1.82) is 0 Å². The minimum absolute atomic E-state index is 1.07. The van der Waals surface area contributed by atoms with E-state index >= 15 is 0 Å². The van der Waals surface area contributed by atoms with Crippen LogP contribution in [-0.4, -0.2) is 0 Å². The van der Waals surface area contributed by atoms with Crippen LogP contribution in [0.5, 0.6) is 0 Å². The molecule has 13 heavy (non-hydrogen) atoms. The highest BCUT2D eigenvalue weighted by Crippen LogP contribution is 2.16. The Morgan fingerprint density at radius 2 is 1.92 bits per heavy atom. The van der Waals surface area contributed by atoms with E-state index < -0.39 is 0 Å². The van der Waals surface area contributed by atoms with Crippen molar-refractivity contribution in [3.8, 4) is 0 Å². The first-order chi connectivity index (χ1) is 6.17. The van der Waals surface area contributed by atoms with Gasteiger partial charge in [0.05, 0.1) is 0 Å². The predicted octanol–water partition coefficient (Wildman–Crippen LogP) is 4.42. The third-order valence-corrected chi connectivity index (χ3v) is 2.11. The summed E-state index contributed by atoms with van der Waals surface area (Å²) in [4.78, 5) is 0. The van der Waals surface area contributed by atoms with Crippen molar-refractivity contribution in [3.63, 3.8) is 0 Å². The average Bonchev–Trinajstić information content (AvgIpc) is 2.17. The Bertz CT molecular complexity index is 249. The Kier molecular flexibility index (Phi) is 5.96. The highest BCUT2D eigenvalue weighted by atomic mass is 14.0. The molecule has 0 nitrogen and oxygen atoms in total. The van der Waals surface area contributed by atoms with E-state index in [1.807, 2.05) is 6.08 Å². The second-order valence-electron chi connectivity index (χ2n) is 3.08. The molecule has 0 aromatic carbocycles. The van der Waals surface area contributed by atoms with E-state index in [0.29, 0.717) is 0 Å².